The Balaban J connectivity index is 0.00000121. The lowest BCUT2D eigenvalue weighted by Gasteiger charge is -2.02. The summed E-state index contributed by atoms with van der Waals surface area (Å²) in [6.07, 6.45) is 4.01. The molecule has 0 saturated carbocycles. The number of nitrogens with zero attached hydrogens (tertiary/aromatic N) is 1. The van der Waals surface area contributed by atoms with Crippen molar-refractivity contribution in [3.63, 3.8) is 0 Å². The van der Waals surface area contributed by atoms with Gasteiger partial charge in [0, 0.05) is 12.1 Å². The van der Waals surface area contributed by atoms with Gasteiger partial charge in [-0.25, -0.2) is 0 Å². The smallest absolute Gasteiger partial charge is 0.219 e. The Kier molecular flexibility index (Phi) is 2.96. The van der Waals surface area contributed by atoms with E-state index in [1.165, 1.54) is 10.8 Å². The van der Waals surface area contributed by atoms with E-state index in [0.717, 1.165) is 16.3 Å². The summed E-state index contributed by atoms with van der Waals surface area (Å²) in [5.74, 6) is 0.319. The van der Waals surface area contributed by atoms with Crippen LogP contribution in [0.15, 0.2) is 67.0 Å². The Morgan fingerprint density at radius 3 is 2.50 bits per heavy atom. The van der Waals surface area contributed by atoms with Crippen molar-refractivity contribution in [2.24, 2.45) is 0 Å². The van der Waals surface area contributed by atoms with Gasteiger partial charge in [0.05, 0.1) is 10.8 Å². The monoisotopic (exact) mass is 281 g/mol. The van der Waals surface area contributed by atoms with E-state index < -0.39 is 0 Å². The van der Waals surface area contributed by atoms with E-state index in [4.69, 9.17) is 0 Å². The first-order valence-electron chi connectivity index (χ1n) is 6.27. The number of aromatic nitrogens is 1. The van der Waals surface area contributed by atoms with E-state index in [9.17, 15) is 5.11 Å². The fraction of sp³-hybridized carbons (Fsp3) is 0. The molecule has 2 aromatic carbocycles. The minimum atomic E-state index is 0. The summed E-state index contributed by atoms with van der Waals surface area (Å²) in [5.41, 5.74) is 1.15. The van der Waals surface area contributed by atoms with Crippen molar-refractivity contribution in [3.05, 3.63) is 67.0 Å². The van der Waals surface area contributed by atoms with Crippen LogP contribution in [0.3, 0.4) is 0 Å². The summed E-state index contributed by atoms with van der Waals surface area (Å²) in [6, 6.07) is 18.2. The zero-order valence-corrected chi connectivity index (χ0v) is 11.4. The molecule has 0 aliphatic heterocycles. The molecule has 0 spiro atoms. The number of benzene rings is 2. The molecule has 2 aromatic heterocycles. The van der Waals surface area contributed by atoms with Gasteiger partial charge in [0.15, 0.2) is 12.4 Å². The summed E-state index contributed by atoms with van der Waals surface area (Å²) >= 11 is 0. The van der Waals surface area contributed by atoms with Gasteiger partial charge >= 0.3 is 0 Å². The van der Waals surface area contributed by atoms with Crippen LogP contribution in [0.5, 0.6) is 5.75 Å². The van der Waals surface area contributed by atoms with E-state index >= 15 is 0 Å². The predicted octanol–water partition coefficient (Wildman–Crippen LogP) is 0.441. The average Bonchev–Trinajstić information content (AvgIpc) is 2.46. The number of aromatic hydroxyl groups is 1. The molecule has 98 valence electrons. The van der Waals surface area contributed by atoms with E-state index in [2.05, 4.69) is 34.7 Å². The van der Waals surface area contributed by atoms with Gasteiger partial charge in [-0.3, -0.25) is 0 Å². The number of phenolic OH excluding ortho intramolecular Hbond substituents is 1. The van der Waals surface area contributed by atoms with Crippen molar-refractivity contribution in [2.75, 3.05) is 0 Å². The van der Waals surface area contributed by atoms with Gasteiger partial charge in [0.1, 0.15) is 5.75 Å². The summed E-state index contributed by atoms with van der Waals surface area (Å²) in [4.78, 5) is 0. The molecule has 2 nitrogen and oxygen atoms in total. The van der Waals surface area contributed by atoms with E-state index in [0.29, 0.717) is 5.75 Å². The highest BCUT2D eigenvalue weighted by Crippen LogP contribution is 2.25. The van der Waals surface area contributed by atoms with Gasteiger partial charge in [-0.05, 0) is 22.9 Å². The third-order valence-corrected chi connectivity index (χ3v) is 3.61. The summed E-state index contributed by atoms with van der Waals surface area (Å²) in [5, 5.41) is 14.3. The van der Waals surface area contributed by atoms with Crippen molar-refractivity contribution in [1.82, 2.24) is 0 Å². The number of hydrogen-bond donors (Lipinski definition) is 1. The molecule has 3 heteroatoms. The number of halogens is 1. The second-order valence-corrected chi connectivity index (χ2v) is 4.75. The quantitative estimate of drug-likeness (QED) is 0.282. The molecule has 0 aliphatic rings. The molecule has 0 unspecified atom stereocenters. The van der Waals surface area contributed by atoms with Crippen LogP contribution < -0.4 is 16.8 Å². The van der Waals surface area contributed by atoms with E-state index in [1.54, 1.807) is 6.07 Å². The molecule has 4 aromatic rings. The van der Waals surface area contributed by atoms with Gasteiger partial charge < -0.3 is 17.5 Å². The Morgan fingerprint density at radius 2 is 1.60 bits per heavy atom. The number of hydrogen-bond acceptors (Lipinski definition) is 1. The molecule has 0 amide bonds. The minimum absolute atomic E-state index is 0. The van der Waals surface area contributed by atoms with Crippen molar-refractivity contribution in [1.29, 1.82) is 0 Å². The molecular formula is C17H12ClNO. The molecular weight excluding hydrogens is 270 g/mol. The normalized spacial score (nSPS) is 10.8. The van der Waals surface area contributed by atoms with Crippen LogP contribution in [0, 0.1) is 0 Å². The average molecular weight is 282 g/mol. The number of rotatable bonds is 0. The van der Waals surface area contributed by atoms with Gasteiger partial charge in [-0.1, -0.05) is 30.3 Å². The Bertz CT molecular complexity index is 934. The Labute approximate surface area is 122 Å². The van der Waals surface area contributed by atoms with Gasteiger partial charge in [0.2, 0.25) is 5.52 Å². The molecule has 0 atom stereocenters. The van der Waals surface area contributed by atoms with Crippen molar-refractivity contribution in [3.8, 4) is 5.75 Å². The second kappa shape index (κ2) is 4.66. The zero-order valence-electron chi connectivity index (χ0n) is 10.6. The maximum absolute atomic E-state index is 9.93. The molecule has 0 bridgehead atoms. The Morgan fingerprint density at radius 1 is 0.800 bits per heavy atom. The van der Waals surface area contributed by atoms with Crippen molar-refractivity contribution < 1.29 is 21.9 Å². The lowest BCUT2D eigenvalue weighted by Crippen LogP contribution is -3.00. The minimum Gasteiger partial charge on any atom is -1.00 e. The van der Waals surface area contributed by atoms with Gasteiger partial charge in [-0.2, -0.15) is 4.40 Å². The lowest BCUT2D eigenvalue weighted by molar-refractivity contribution is -0.509. The maximum atomic E-state index is 9.93. The fourth-order valence-electron chi connectivity index (χ4n) is 2.64. The third kappa shape index (κ3) is 1.77. The topological polar surface area (TPSA) is 24.3 Å². The van der Waals surface area contributed by atoms with E-state index in [-0.39, 0.29) is 12.4 Å². The third-order valence-electron chi connectivity index (χ3n) is 3.61. The SMILES string of the molecule is Oc1cccc2cc3c4ccccc4cc[n+]3cc12.[Cl-]. The van der Waals surface area contributed by atoms with Crippen molar-refractivity contribution >= 4 is 27.1 Å². The van der Waals surface area contributed by atoms with Gasteiger partial charge in [0.25, 0.3) is 0 Å². The first-order valence-corrected chi connectivity index (χ1v) is 6.27. The molecule has 0 saturated heterocycles. The second-order valence-electron chi connectivity index (χ2n) is 4.75. The largest absolute Gasteiger partial charge is 1.00 e. The van der Waals surface area contributed by atoms with Crippen LogP contribution in [0.25, 0.3) is 27.1 Å². The number of pyridine rings is 2. The maximum Gasteiger partial charge on any atom is 0.219 e. The summed E-state index contributed by atoms with van der Waals surface area (Å²) in [6.45, 7) is 0. The summed E-state index contributed by atoms with van der Waals surface area (Å²) in [7, 11) is 0. The molecule has 0 fully saturated rings. The molecule has 0 aliphatic carbocycles. The van der Waals surface area contributed by atoms with Crippen LogP contribution in [0.2, 0.25) is 0 Å². The molecule has 4 rings (SSSR count). The standard InChI is InChI=1S/C17H11NO.ClH/c19-17-7-3-5-13-10-16-14-6-2-1-4-12(14)8-9-18(16)11-15(13)17;/h1-11H;1H. The van der Waals surface area contributed by atoms with Crippen LogP contribution in [0.1, 0.15) is 0 Å². The molecule has 0 radical (unpaired) electrons. The molecule has 20 heavy (non-hydrogen) atoms. The predicted molar refractivity (Wildman–Crippen MR) is 76.3 cm³/mol. The first kappa shape index (κ1) is 12.7. The molecule has 1 N–H and O–H groups in total. The molecule has 2 heterocycles. The number of phenols is 1. The highest BCUT2D eigenvalue weighted by Gasteiger charge is 2.11. The highest BCUT2D eigenvalue weighted by atomic mass is 35.5. The van der Waals surface area contributed by atoms with Crippen LogP contribution in [-0.2, 0) is 0 Å². The summed E-state index contributed by atoms with van der Waals surface area (Å²) < 4.78 is 2.06. The van der Waals surface area contributed by atoms with Crippen LogP contribution in [0.4, 0.5) is 0 Å². The van der Waals surface area contributed by atoms with Gasteiger partial charge in [-0.15, -0.1) is 0 Å². The van der Waals surface area contributed by atoms with E-state index in [1.807, 2.05) is 30.6 Å². The fourth-order valence-corrected chi connectivity index (χ4v) is 2.64. The highest BCUT2D eigenvalue weighted by molar-refractivity contribution is 5.98. The number of fused-ring (bicyclic) bond motifs is 4. The van der Waals surface area contributed by atoms with Crippen molar-refractivity contribution in [2.45, 2.75) is 0 Å². The lowest BCUT2D eigenvalue weighted by atomic mass is 10.1. The first-order chi connectivity index (χ1) is 9.33. The Hall–Kier alpha value is -2.32. The van der Waals surface area contributed by atoms with Crippen LogP contribution >= 0.6 is 0 Å². The van der Waals surface area contributed by atoms with Crippen LogP contribution in [-0.4, -0.2) is 5.11 Å². The zero-order chi connectivity index (χ0) is 12.8.